The van der Waals surface area contributed by atoms with Gasteiger partial charge in [-0.05, 0) is 19.4 Å². The summed E-state index contributed by atoms with van der Waals surface area (Å²) in [4.78, 5) is 0. The molecule has 0 N–H and O–H groups in total. The van der Waals surface area contributed by atoms with Crippen LogP contribution in [0.3, 0.4) is 0 Å². The zero-order valence-electron chi connectivity index (χ0n) is 6.25. The maximum absolute atomic E-state index is 10.4. The van der Waals surface area contributed by atoms with Gasteiger partial charge < -0.3 is 4.74 Å². The lowest BCUT2D eigenvalue weighted by Gasteiger charge is -1.94. The van der Waals surface area contributed by atoms with Crippen molar-refractivity contribution in [2.24, 2.45) is 0 Å². The highest BCUT2D eigenvalue weighted by atomic mass is 16.5. The summed E-state index contributed by atoms with van der Waals surface area (Å²) in [7, 11) is 0. The number of hydrogen-bond donors (Lipinski definition) is 0. The first-order valence-corrected chi connectivity index (χ1v) is 3.30. The molecule has 1 atom stereocenters. The van der Waals surface area contributed by atoms with E-state index in [1.54, 1.807) is 19.1 Å². The average molecular weight is 141 g/mol. The van der Waals surface area contributed by atoms with Gasteiger partial charge in [0, 0.05) is 0 Å². The van der Waals surface area contributed by atoms with Crippen molar-refractivity contribution in [3.8, 4) is 0 Å². The SMILES string of the molecule is C=CCOC=CCC(C)[O]. The molecule has 0 spiro atoms. The predicted molar refractivity (Wildman–Crippen MR) is 40.1 cm³/mol. The third kappa shape index (κ3) is 7.24. The van der Waals surface area contributed by atoms with Crippen molar-refractivity contribution in [1.82, 2.24) is 0 Å². The highest BCUT2D eigenvalue weighted by Crippen LogP contribution is 1.91. The van der Waals surface area contributed by atoms with Gasteiger partial charge >= 0.3 is 0 Å². The van der Waals surface area contributed by atoms with E-state index in [9.17, 15) is 5.11 Å². The van der Waals surface area contributed by atoms with Crippen LogP contribution in [-0.2, 0) is 9.84 Å². The Labute approximate surface area is 61.8 Å². The lowest BCUT2D eigenvalue weighted by Crippen LogP contribution is -1.93. The molecular formula is C8H13O2. The molecule has 1 radical (unpaired) electrons. The molecule has 0 amide bonds. The van der Waals surface area contributed by atoms with Crippen LogP contribution < -0.4 is 0 Å². The number of rotatable bonds is 5. The third-order valence-corrected chi connectivity index (χ3v) is 0.875. The Hall–Kier alpha value is -0.760. The molecule has 0 rings (SSSR count). The molecule has 2 heteroatoms. The van der Waals surface area contributed by atoms with E-state index < -0.39 is 6.10 Å². The first-order valence-electron chi connectivity index (χ1n) is 3.30. The van der Waals surface area contributed by atoms with Crippen LogP contribution in [0.25, 0.3) is 0 Å². The van der Waals surface area contributed by atoms with Crippen LogP contribution in [0.1, 0.15) is 13.3 Å². The fraction of sp³-hybridized carbons (Fsp3) is 0.500. The van der Waals surface area contributed by atoms with Gasteiger partial charge in [0.05, 0.1) is 12.4 Å². The van der Waals surface area contributed by atoms with E-state index in [1.807, 2.05) is 0 Å². The van der Waals surface area contributed by atoms with Gasteiger partial charge in [0.25, 0.3) is 0 Å². The quantitative estimate of drug-likeness (QED) is 0.326. The molecule has 0 aliphatic rings. The number of hydrogen-bond acceptors (Lipinski definition) is 1. The Morgan fingerprint density at radius 2 is 2.40 bits per heavy atom. The molecule has 0 aromatic carbocycles. The van der Waals surface area contributed by atoms with Crippen LogP contribution in [0, 0.1) is 0 Å². The molecule has 0 saturated heterocycles. The fourth-order valence-corrected chi connectivity index (χ4v) is 0.439. The molecular weight excluding hydrogens is 128 g/mol. The van der Waals surface area contributed by atoms with Crippen LogP contribution >= 0.6 is 0 Å². The molecule has 0 saturated carbocycles. The smallest absolute Gasteiger partial charge is 0.105 e. The van der Waals surface area contributed by atoms with Crippen molar-refractivity contribution in [3.63, 3.8) is 0 Å². The van der Waals surface area contributed by atoms with E-state index in [0.717, 1.165) is 0 Å². The second-order valence-electron chi connectivity index (χ2n) is 2.04. The van der Waals surface area contributed by atoms with E-state index in [4.69, 9.17) is 4.74 Å². The summed E-state index contributed by atoms with van der Waals surface area (Å²) in [5.74, 6) is 0. The summed E-state index contributed by atoms with van der Waals surface area (Å²) in [6.07, 6.45) is 4.91. The van der Waals surface area contributed by atoms with Crippen LogP contribution in [0.15, 0.2) is 25.0 Å². The van der Waals surface area contributed by atoms with Crippen LogP contribution in [-0.4, -0.2) is 12.7 Å². The van der Waals surface area contributed by atoms with Gasteiger partial charge in [-0.3, -0.25) is 0 Å². The zero-order chi connectivity index (χ0) is 7.82. The first kappa shape index (κ1) is 9.24. The van der Waals surface area contributed by atoms with Crippen molar-refractivity contribution in [1.29, 1.82) is 0 Å². The molecule has 2 nitrogen and oxygen atoms in total. The largest absolute Gasteiger partial charge is 0.497 e. The number of ether oxygens (including phenoxy) is 1. The summed E-state index contributed by atoms with van der Waals surface area (Å²) >= 11 is 0. The van der Waals surface area contributed by atoms with E-state index in [2.05, 4.69) is 6.58 Å². The lowest BCUT2D eigenvalue weighted by atomic mass is 10.3. The normalized spacial score (nSPS) is 13.4. The summed E-state index contributed by atoms with van der Waals surface area (Å²) in [6.45, 7) is 5.60. The monoisotopic (exact) mass is 141 g/mol. The van der Waals surface area contributed by atoms with Gasteiger partial charge in [-0.15, -0.1) is 0 Å². The summed E-state index contributed by atoms with van der Waals surface area (Å²) in [5.41, 5.74) is 0. The van der Waals surface area contributed by atoms with Crippen LogP contribution in [0.4, 0.5) is 0 Å². The lowest BCUT2D eigenvalue weighted by molar-refractivity contribution is 0.107. The molecule has 1 unspecified atom stereocenters. The molecule has 0 aromatic heterocycles. The van der Waals surface area contributed by atoms with Gasteiger partial charge in [0.2, 0.25) is 0 Å². The second-order valence-corrected chi connectivity index (χ2v) is 2.04. The highest BCUT2D eigenvalue weighted by Gasteiger charge is 1.90. The van der Waals surface area contributed by atoms with Gasteiger partial charge in [-0.1, -0.05) is 12.7 Å². The minimum atomic E-state index is -0.538. The molecule has 0 bridgehead atoms. The molecule has 0 fully saturated rings. The van der Waals surface area contributed by atoms with E-state index >= 15 is 0 Å². The Morgan fingerprint density at radius 1 is 1.70 bits per heavy atom. The molecule has 10 heavy (non-hydrogen) atoms. The van der Waals surface area contributed by atoms with Gasteiger partial charge in [0.1, 0.15) is 6.61 Å². The molecule has 0 aromatic rings. The Bertz CT molecular complexity index is 106. The predicted octanol–water partition coefficient (Wildman–Crippen LogP) is 1.91. The van der Waals surface area contributed by atoms with Gasteiger partial charge in [0.15, 0.2) is 0 Å². The summed E-state index contributed by atoms with van der Waals surface area (Å²) in [5, 5.41) is 10.4. The summed E-state index contributed by atoms with van der Waals surface area (Å²) in [6, 6.07) is 0. The van der Waals surface area contributed by atoms with E-state index in [1.165, 1.54) is 6.26 Å². The minimum absolute atomic E-state index is 0.504. The van der Waals surface area contributed by atoms with Crippen LogP contribution in [0.2, 0.25) is 0 Å². The second kappa shape index (κ2) is 6.36. The topological polar surface area (TPSA) is 29.1 Å². The maximum atomic E-state index is 10.4. The fourth-order valence-electron chi connectivity index (χ4n) is 0.439. The van der Waals surface area contributed by atoms with Crippen molar-refractivity contribution in [3.05, 3.63) is 25.0 Å². The maximum Gasteiger partial charge on any atom is 0.105 e. The highest BCUT2D eigenvalue weighted by molar-refractivity contribution is 4.77. The first-order chi connectivity index (χ1) is 4.77. The Morgan fingerprint density at radius 3 is 2.90 bits per heavy atom. The van der Waals surface area contributed by atoms with Crippen molar-refractivity contribution in [2.45, 2.75) is 19.4 Å². The Kier molecular flexibility index (Phi) is 5.88. The molecule has 0 heterocycles. The van der Waals surface area contributed by atoms with E-state index in [0.29, 0.717) is 13.0 Å². The molecule has 0 aliphatic heterocycles. The minimum Gasteiger partial charge on any atom is -0.497 e. The van der Waals surface area contributed by atoms with E-state index in [-0.39, 0.29) is 0 Å². The summed E-state index contributed by atoms with van der Waals surface area (Å²) < 4.78 is 4.90. The van der Waals surface area contributed by atoms with Crippen molar-refractivity contribution < 1.29 is 9.84 Å². The van der Waals surface area contributed by atoms with Gasteiger partial charge in [-0.25, -0.2) is 5.11 Å². The molecule has 57 valence electrons. The molecule has 0 aliphatic carbocycles. The van der Waals surface area contributed by atoms with Crippen molar-refractivity contribution >= 4 is 0 Å². The average Bonchev–Trinajstić information content (AvgIpc) is 1.87. The standard InChI is InChI=1S/C8H13O2/c1-3-6-10-7-4-5-8(2)9/h3-4,7-8H,1,5-6H2,2H3. The van der Waals surface area contributed by atoms with Crippen molar-refractivity contribution in [2.75, 3.05) is 6.61 Å². The zero-order valence-corrected chi connectivity index (χ0v) is 6.25. The van der Waals surface area contributed by atoms with Crippen LogP contribution in [0.5, 0.6) is 0 Å². The van der Waals surface area contributed by atoms with Gasteiger partial charge in [-0.2, -0.15) is 0 Å². The Balaban J connectivity index is 3.11. The third-order valence-electron chi connectivity index (χ3n) is 0.875.